The zero-order valence-corrected chi connectivity index (χ0v) is 16.2. The highest BCUT2D eigenvalue weighted by molar-refractivity contribution is 7.92. The lowest BCUT2D eigenvalue weighted by Crippen LogP contribution is -2.15. The van der Waals surface area contributed by atoms with Crippen LogP contribution in [0.1, 0.15) is 37.3 Å². The van der Waals surface area contributed by atoms with Gasteiger partial charge in [-0.05, 0) is 41.7 Å². The van der Waals surface area contributed by atoms with Crippen molar-refractivity contribution in [2.75, 3.05) is 11.0 Å². The van der Waals surface area contributed by atoms with Gasteiger partial charge in [0.05, 0.1) is 16.3 Å². The van der Waals surface area contributed by atoms with E-state index in [2.05, 4.69) is 18.6 Å². The molecule has 0 heterocycles. The first-order chi connectivity index (χ1) is 11.6. The fourth-order valence-corrected chi connectivity index (χ4v) is 4.36. The molecular weight excluding hydrogens is 358 g/mol. The Morgan fingerprint density at radius 3 is 2.12 bits per heavy atom. The molecular formula is C18H23NO4S2. The van der Waals surface area contributed by atoms with Crippen molar-refractivity contribution in [3.05, 3.63) is 59.7 Å². The summed E-state index contributed by atoms with van der Waals surface area (Å²) in [6.07, 6.45) is 2.09. The first-order valence-corrected chi connectivity index (χ1v) is 11.5. The van der Waals surface area contributed by atoms with E-state index < -0.39 is 19.9 Å². The van der Waals surface area contributed by atoms with Crippen LogP contribution in [0.2, 0.25) is 0 Å². The van der Waals surface area contributed by atoms with Crippen LogP contribution in [0.25, 0.3) is 0 Å². The maximum Gasteiger partial charge on any atom is 0.261 e. The Morgan fingerprint density at radius 1 is 0.960 bits per heavy atom. The van der Waals surface area contributed by atoms with Gasteiger partial charge in [-0.3, -0.25) is 4.72 Å². The summed E-state index contributed by atoms with van der Waals surface area (Å²) in [5.41, 5.74) is 1.78. The van der Waals surface area contributed by atoms with Crippen molar-refractivity contribution in [1.29, 1.82) is 0 Å². The summed E-state index contributed by atoms with van der Waals surface area (Å²) >= 11 is 0. The number of hydrogen-bond donors (Lipinski definition) is 1. The van der Waals surface area contributed by atoms with E-state index in [1.54, 1.807) is 36.4 Å². The molecule has 136 valence electrons. The van der Waals surface area contributed by atoms with Gasteiger partial charge in [-0.2, -0.15) is 0 Å². The molecule has 0 aromatic heterocycles. The van der Waals surface area contributed by atoms with Crippen molar-refractivity contribution in [1.82, 2.24) is 0 Å². The van der Waals surface area contributed by atoms with E-state index in [0.717, 1.165) is 18.2 Å². The standard InChI is InChI=1S/C18H23NO4S2/c1-4-14(2)15-9-11-17(12-10-15)25(22,23)19-18-8-6-5-7-16(18)13-24(3,20)21/h5-12,14,19H,4,13H2,1-3H3. The Labute approximate surface area is 150 Å². The van der Waals surface area contributed by atoms with Gasteiger partial charge in [0.1, 0.15) is 0 Å². The normalized spacial score (nSPS) is 13.4. The summed E-state index contributed by atoms with van der Waals surface area (Å²) in [5.74, 6) is 0.138. The van der Waals surface area contributed by atoms with E-state index in [-0.39, 0.29) is 16.3 Å². The van der Waals surface area contributed by atoms with E-state index in [0.29, 0.717) is 11.5 Å². The number of hydrogen-bond acceptors (Lipinski definition) is 4. The Balaban J connectivity index is 2.30. The summed E-state index contributed by atoms with van der Waals surface area (Å²) < 4.78 is 50.8. The SMILES string of the molecule is CCC(C)c1ccc(S(=O)(=O)Nc2ccccc2CS(C)(=O)=O)cc1. The predicted octanol–water partition coefficient (Wildman–Crippen LogP) is 3.55. The molecule has 2 aromatic rings. The van der Waals surface area contributed by atoms with Gasteiger partial charge in [0.15, 0.2) is 9.84 Å². The van der Waals surface area contributed by atoms with Crippen molar-refractivity contribution in [2.24, 2.45) is 0 Å². The minimum absolute atomic E-state index is 0.147. The van der Waals surface area contributed by atoms with Gasteiger partial charge in [0.2, 0.25) is 0 Å². The fraction of sp³-hybridized carbons (Fsp3) is 0.333. The van der Waals surface area contributed by atoms with E-state index >= 15 is 0 Å². The highest BCUT2D eigenvalue weighted by Gasteiger charge is 2.17. The average molecular weight is 382 g/mol. The summed E-state index contributed by atoms with van der Waals surface area (Å²) in [5, 5.41) is 0. The monoisotopic (exact) mass is 381 g/mol. The van der Waals surface area contributed by atoms with Gasteiger partial charge in [-0.25, -0.2) is 16.8 Å². The topological polar surface area (TPSA) is 80.3 Å². The molecule has 2 rings (SSSR count). The Morgan fingerprint density at radius 2 is 1.56 bits per heavy atom. The van der Waals surface area contributed by atoms with Crippen LogP contribution in [0, 0.1) is 0 Å². The van der Waals surface area contributed by atoms with Crippen LogP contribution in [-0.2, 0) is 25.6 Å². The highest BCUT2D eigenvalue weighted by atomic mass is 32.2. The van der Waals surface area contributed by atoms with Crippen LogP contribution in [0.5, 0.6) is 0 Å². The molecule has 0 amide bonds. The number of rotatable bonds is 7. The van der Waals surface area contributed by atoms with Crippen LogP contribution < -0.4 is 4.72 Å². The highest BCUT2D eigenvalue weighted by Crippen LogP contribution is 2.24. The largest absolute Gasteiger partial charge is 0.279 e. The molecule has 0 bridgehead atoms. The van der Waals surface area contributed by atoms with Crippen LogP contribution in [-0.4, -0.2) is 23.1 Å². The van der Waals surface area contributed by atoms with Gasteiger partial charge >= 0.3 is 0 Å². The van der Waals surface area contributed by atoms with Gasteiger partial charge in [0.25, 0.3) is 10.0 Å². The first kappa shape index (κ1) is 19.5. The third-order valence-electron chi connectivity index (χ3n) is 4.05. The summed E-state index contributed by atoms with van der Waals surface area (Å²) in [6, 6.07) is 13.3. The maximum absolute atomic E-state index is 12.6. The number of benzene rings is 2. The zero-order valence-electron chi connectivity index (χ0n) is 14.6. The molecule has 1 N–H and O–H groups in total. The minimum Gasteiger partial charge on any atom is -0.279 e. The average Bonchev–Trinajstić information content (AvgIpc) is 2.54. The zero-order chi connectivity index (χ0) is 18.7. The summed E-state index contributed by atoms with van der Waals surface area (Å²) in [6.45, 7) is 4.17. The van der Waals surface area contributed by atoms with E-state index in [1.165, 1.54) is 0 Å². The lowest BCUT2D eigenvalue weighted by atomic mass is 9.99. The lowest BCUT2D eigenvalue weighted by molar-refractivity contribution is 0.598. The fourth-order valence-electron chi connectivity index (χ4n) is 2.44. The molecule has 0 aliphatic heterocycles. The molecule has 0 saturated carbocycles. The van der Waals surface area contributed by atoms with Crippen molar-refractivity contribution in [2.45, 2.75) is 36.8 Å². The van der Waals surface area contributed by atoms with E-state index in [4.69, 9.17) is 0 Å². The van der Waals surface area contributed by atoms with Crippen LogP contribution in [0.3, 0.4) is 0 Å². The third-order valence-corrected chi connectivity index (χ3v) is 6.27. The van der Waals surface area contributed by atoms with Gasteiger partial charge in [-0.15, -0.1) is 0 Å². The van der Waals surface area contributed by atoms with Crippen molar-refractivity contribution in [3.8, 4) is 0 Å². The molecule has 0 aliphatic rings. The molecule has 0 saturated heterocycles. The molecule has 25 heavy (non-hydrogen) atoms. The Bertz CT molecular complexity index is 933. The smallest absolute Gasteiger partial charge is 0.261 e. The molecule has 1 unspecified atom stereocenters. The van der Waals surface area contributed by atoms with Crippen LogP contribution in [0.4, 0.5) is 5.69 Å². The Hall–Kier alpha value is -1.86. The number of sulfone groups is 1. The minimum atomic E-state index is -3.79. The van der Waals surface area contributed by atoms with Crippen LogP contribution in [0.15, 0.2) is 53.4 Å². The van der Waals surface area contributed by atoms with Gasteiger partial charge in [0, 0.05) is 6.26 Å². The molecule has 1 atom stereocenters. The molecule has 0 fully saturated rings. The number of nitrogens with one attached hydrogen (secondary N) is 1. The quantitative estimate of drug-likeness (QED) is 0.795. The number of sulfonamides is 1. The lowest BCUT2D eigenvalue weighted by Gasteiger charge is -2.13. The second-order valence-corrected chi connectivity index (χ2v) is 10.0. The van der Waals surface area contributed by atoms with Crippen LogP contribution >= 0.6 is 0 Å². The second kappa shape index (κ2) is 7.58. The van der Waals surface area contributed by atoms with Crippen molar-refractivity contribution < 1.29 is 16.8 Å². The molecule has 0 radical (unpaired) electrons. The van der Waals surface area contributed by atoms with E-state index in [1.807, 2.05) is 12.1 Å². The summed E-state index contributed by atoms with van der Waals surface area (Å²) in [4.78, 5) is 0.147. The molecule has 5 nitrogen and oxygen atoms in total. The summed E-state index contributed by atoms with van der Waals surface area (Å²) in [7, 11) is -7.06. The van der Waals surface area contributed by atoms with Gasteiger partial charge < -0.3 is 0 Å². The maximum atomic E-state index is 12.6. The molecule has 0 aliphatic carbocycles. The second-order valence-electron chi connectivity index (χ2n) is 6.21. The van der Waals surface area contributed by atoms with Gasteiger partial charge in [-0.1, -0.05) is 44.2 Å². The number of anilines is 1. The predicted molar refractivity (Wildman–Crippen MR) is 101 cm³/mol. The Kier molecular flexibility index (Phi) is 5.90. The molecule has 7 heteroatoms. The molecule has 0 spiro atoms. The first-order valence-electron chi connectivity index (χ1n) is 8.01. The third kappa shape index (κ3) is 5.31. The van der Waals surface area contributed by atoms with E-state index in [9.17, 15) is 16.8 Å². The van der Waals surface area contributed by atoms with Crippen molar-refractivity contribution >= 4 is 25.5 Å². The number of para-hydroxylation sites is 1. The van der Waals surface area contributed by atoms with Crippen molar-refractivity contribution in [3.63, 3.8) is 0 Å². The molecule has 2 aromatic carbocycles.